The molecule has 1 saturated heterocycles. The zero-order valence-corrected chi connectivity index (χ0v) is 28.0. The fourth-order valence-electron chi connectivity index (χ4n) is 6.41. The Morgan fingerprint density at radius 2 is 1.70 bits per heavy atom. The highest BCUT2D eigenvalue weighted by Crippen LogP contribution is 2.35. The summed E-state index contributed by atoms with van der Waals surface area (Å²) < 4.78 is 9.86. The zero-order valence-electron chi connectivity index (χ0n) is 28.0. The summed E-state index contributed by atoms with van der Waals surface area (Å²) in [6, 6.07) is 11.8. The molecule has 3 aromatic rings. The smallest absolute Gasteiger partial charge is 0.337 e. The molecule has 2 aliphatic heterocycles. The van der Waals surface area contributed by atoms with E-state index in [9.17, 15) is 14.4 Å². The number of amides is 4. The van der Waals surface area contributed by atoms with Crippen molar-refractivity contribution < 1.29 is 23.7 Å². The van der Waals surface area contributed by atoms with Crippen LogP contribution in [0.3, 0.4) is 0 Å². The van der Waals surface area contributed by atoms with Gasteiger partial charge in [0.25, 0.3) is 0 Å². The number of urea groups is 2. The Labute approximate surface area is 276 Å². The average Bonchev–Trinajstić information content (AvgIpc) is 3.56. The predicted octanol–water partition coefficient (Wildman–Crippen LogP) is 5.76. The molecule has 2 N–H and O–H groups in total. The van der Waals surface area contributed by atoms with E-state index in [0.29, 0.717) is 28.8 Å². The van der Waals surface area contributed by atoms with E-state index in [1.165, 1.54) is 44.0 Å². The Morgan fingerprint density at radius 1 is 1.02 bits per heavy atom. The van der Waals surface area contributed by atoms with Gasteiger partial charge in [-0.05, 0) is 97.3 Å². The van der Waals surface area contributed by atoms with Crippen molar-refractivity contribution in [1.82, 2.24) is 30.7 Å². The lowest BCUT2D eigenvalue weighted by Gasteiger charge is -2.37. The van der Waals surface area contributed by atoms with E-state index < -0.39 is 24.1 Å². The number of imide groups is 1. The number of ether oxygens (including phenoxy) is 1. The first-order valence-corrected chi connectivity index (χ1v) is 16.8. The van der Waals surface area contributed by atoms with Gasteiger partial charge in [-0.1, -0.05) is 44.9 Å². The number of likely N-dealkylation sites (tertiary alicyclic amines) is 1. The number of methoxy groups -OCH3 is 1. The van der Waals surface area contributed by atoms with Gasteiger partial charge in [-0.2, -0.15) is 0 Å². The van der Waals surface area contributed by atoms with Gasteiger partial charge in [0.15, 0.2) is 0 Å². The van der Waals surface area contributed by atoms with Crippen LogP contribution in [0.25, 0.3) is 11.0 Å². The molecule has 0 saturated carbocycles. The number of esters is 1. The highest BCUT2D eigenvalue weighted by atomic mass is 16.6. The van der Waals surface area contributed by atoms with E-state index in [0.717, 1.165) is 50.5 Å². The van der Waals surface area contributed by atoms with Crippen LogP contribution in [-0.4, -0.2) is 78.0 Å². The van der Waals surface area contributed by atoms with E-state index in [1.807, 2.05) is 0 Å². The topological polar surface area (TPSA) is 133 Å². The summed E-state index contributed by atoms with van der Waals surface area (Å²) in [4.78, 5) is 45.8. The molecule has 252 valence electrons. The summed E-state index contributed by atoms with van der Waals surface area (Å²) in [6.45, 7) is 11.5. The van der Waals surface area contributed by atoms with Crippen LogP contribution in [0.2, 0.25) is 0 Å². The first-order chi connectivity index (χ1) is 22.8. The van der Waals surface area contributed by atoms with Crippen LogP contribution in [0, 0.1) is 5.92 Å². The Kier molecular flexibility index (Phi) is 11.5. The molecule has 1 unspecified atom stereocenters. The number of benzene rings is 2. The van der Waals surface area contributed by atoms with Crippen molar-refractivity contribution in [3.63, 3.8) is 0 Å². The minimum atomic E-state index is -1.02. The number of nitrogens with one attached hydrogen (secondary N) is 2. The normalized spacial score (nSPS) is 17.6. The molecule has 5 rings (SSSR count). The zero-order chi connectivity index (χ0) is 33.3. The van der Waals surface area contributed by atoms with Gasteiger partial charge in [-0.3, -0.25) is 4.90 Å². The minimum absolute atomic E-state index is 0.161. The van der Waals surface area contributed by atoms with E-state index in [4.69, 9.17) is 9.37 Å². The number of piperidine rings is 1. The van der Waals surface area contributed by atoms with E-state index in [2.05, 4.69) is 68.9 Å². The first-order valence-electron chi connectivity index (χ1n) is 16.8. The second kappa shape index (κ2) is 15.9. The molecule has 2 aliphatic rings. The number of anilines is 1. The van der Waals surface area contributed by atoms with Crippen LogP contribution in [0.5, 0.6) is 0 Å². The summed E-state index contributed by atoms with van der Waals surface area (Å²) in [5.41, 5.74) is 4.56. The lowest BCUT2D eigenvalue weighted by Crippen LogP contribution is -2.55. The second-order valence-electron chi connectivity index (χ2n) is 12.5. The molecule has 0 bridgehead atoms. The molecule has 1 atom stereocenters. The maximum absolute atomic E-state index is 13.6. The van der Waals surface area contributed by atoms with Gasteiger partial charge >= 0.3 is 18.0 Å². The van der Waals surface area contributed by atoms with Gasteiger partial charge in [-0.15, -0.1) is 0 Å². The minimum Gasteiger partial charge on any atom is -0.466 e. The van der Waals surface area contributed by atoms with Crippen molar-refractivity contribution in [2.24, 2.45) is 5.92 Å². The molecule has 2 aromatic carbocycles. The van der Waals surface area contributed by atoms with Gasteiger partial charge in [0.1, 0.15) is 17.1 Å². The number of fused-ring (bicyclic) bond motifs is 1. The molecule has 0 radical (unpaired) electrons. The number of hydrogen-bond donors (Lipinski definition) is 2. The number of rotatable bonds is 13. The monoisotopic (exact) mass is 645 g/mol. The Bertz CT molecular complexity index is 1550. The SMILES string of the molecule is CCCCN(CCCC)c1ccc(CN2CCC(CNC(=O)N3C(=O)NC(C)=C(C(=O)OC)C3c3ccc4nonc4c3)CC2)cc1. The molecule has 12 nitrogen and oxygen atoms in total. The number of carbonyl (C=O) groups is 3. The lowest BCUT2D eigenvalue weighted by molar-refractivity contribution is -0.136. The highest BCUT2D eigenvalue weighted by Gasteiger charge is 2.42. The van der Waals surface area contributed by atoms with Gasteiger partial charge in [0, 0.05) is 37.6 Å². The third-order valence-corrected chi connectivity index (χ3v) is 9.19. The molecular weight excluding hydrogens is 598 g/mol. The average molecular weight is 646 g/mol. The fraction of sp³-hybridized carbons (Fsp3) is 0.514. The second-order valence-corrected chi connectivity index (χ2v) is 12.5. The fourth-order valence-corrected chi connectivity index (χ4v) is 6.41. The molecule has 1 aromatic heterocycles. The largest absolute Gasteiger partial charge is 0.466 e. The molecule has 12 heteroatoms. The van der Waals surface area contributed by atoms with E-state index in [1.54, 1.807) is 25.1 Å². The van der Waals surface area contributed by atoms with Crippen LogP contribution in [-0.2, 0) is 16.1 Å². The molecule has 4 amide bonds. The Morgan fingerprint density at radius 3 is 2.36 bits per heavy atom. The number of nitrogens with zero attached hydrogens (tertiary/aromatic N) is 5. The Hall–Kier alpha value is -4.45. The number of aromatic nitrogens is 2. The van der Waals surface area contributed by atoms with Crippen LogP contribution in [0.15, 0.2) is 58.4 Å². The number of hydrogen-bond acceptors (Lipinski definition) is 9. The van der Waals surface area contributed by atoms with E-state index >= 15 is 0 Å². The molecule has 0 spiro atoms. The van der Waals surface area contributed by atoms with Crippen LogP contribution < -0.4 is 15.5 Å². The van der Waals surface area contributed by atoms with Crippen LogP contribution in [0.1, 0.15) is 76.5 Å². The van der Waals surface area contributed by atoms with Gasteiger partial charge in [-0.25, -0.2) is 23.9 Å². The number of unbranched alkanes of at least 4 members (excludes halogenated alkanes) is 2. The predicted molar refractivity (Wildman–Crippen MR) is 180 cm³/mol. The molecule has 47 heavy (non-hydrogen) atoms. The third kappa shape index (κ3) is 8.10. The summed E-state index contributed by atoms with van der Waals surface area (Å²) in [7, 11) is 1.27. The van der Waals surface area contributed by atoms with Gasteiger partial charge in [0.05, 0.1) is 12.7 Å². The molecule has 3 heterocycles. The summed E-state index contributed by atoms with van der Waals surface area (Å²) in [6.07, 6.45) is 6.66. The Balaban J connectivity index is 1.18. The standard InChI is InChI=1S/C35H47N7O5/c1-5-7-17-41(18-8-6-2)28-12-9-26(10-13-28)23-40-19-15-25(16-20-40)22-36-34(44)42-32(27-11-14-29-30(21-27)39-47-38-29)31(33(43)46-4)24(3)37-35(42)45/h9-14,21,25,32H,5-8,15-20,22-23H2,1-4H3,(H,36,44)(H,37,45). The van der Waals surface area contributed by atoms with Crippen LogP contribution in [0.4, 0.5) is 15.3 Å². The summed E-state index contributed by atoms with van der Waals surface area (Å²) in [5.74, 6) is -0.375. The van der Waals surface area contributed by atoms with Crippen LogP contribution >= 0.6 is 0 Å². The lowest BCUT2D eigenvalue weighted by atomic mass is 9.93. The van der Waals surface area contributed by atoms with E-state index in [-0.39, 0.29) is 11.5 Å². The maximum Gasteiger partial charge on any atom is 0.337 e. The summed E-state index contributed by atoms with van der Waals surface area (Å²) in [5, 5.41) is 13.3. The van der Waals surface area contributed by atoms with Gasteiger partial charge in [0.2, 0.25) is 0 Å². The summed E-state index contributed by atoms with van der Waals surface area (Å²) >= 11 is 0. The van der Waals surface area contributed by atoms with Crippen molar-refractivity contribution in [2.75, 3.05) is 44.7 Å². The maximum atomic E-state index is 13.6. The number of carbonyl (C=O) groups excluding carboxylic acids is 3. The van der Waals surface area contributed by atoms with Crippen molar-refractivity contribution in [1.29, 1.82) is 0 Å². The van der Waals surface area contributed by atoms with Crippen molar-refractivity contribution in [3.8, 4) is 0 Å². The van der Waals surface area contributed by atoms with Gasteiger partial charge < -0.3 is 20.3 Å². The van der Waals surface area contributed by atoms with Crippen molar-refractivity contribution in [3.05, 3.63) is 64.9 Å². The molecule has 1 fully saturated rings. The number of allylic oxidation sites excluding steroid dienone is 1. The molecule has 0 aliphatic carbocycles. The van der Waals surface area contributed by atoms with Crippen molar-refractivity contribution >= 4 is 34.8 Å². The highest BCUT2D eigenvalue weighted by molar-refractivity contribution is 6.01. The first kappa shape index (κ1) is 33.9. The third-order valence-electron chi connectivity index (χ3n) is 9.19. The quantitative estimate of drug-likeness (QED) is 0.223. The van der Waals surface area contributed by atoms with Crippen molar-refractivity contribution in [2.45, 2.75) is 71.9 Å². The molecular formula is C35H47N7O5.